The third-order valence-electron chi connectivity index (χ3n) is 5.89. The highest BCUT2D eigenvalue weighted by atomic mass is 32.2. The first kappa shape index (κ1) is 23.7. The third kappa shape index (κ3) is 4.77. The lowest BCUT2D eigenvalue weighted by molar-refractivity contribution is -0.126. The number of nitriles is 1. The van der Waals surface area contributed by atoms with Gasteiger partial charge in [0.1, 0.15) is 5.54 Å². The number of nitrogens with zero attached hydrogens (tertiary/aromatic N) is 3. The molecule has 1 N–H and O–H groups in total. The van der Waals surface area contributed by atoms with Gasteiger partial charge in [-0.2, -0.15) is 13.9 Å². The molecule has 0 bridgehead atoms. The number of carbonyl (C=O) groups excluding carboxylic acids is 1. The van der Waals surface area contributed by atoms with E-state index in [2.05, 4.69) is 11.4 Å². The van der Waals surface area contributed by atoms with Gasteiger partial charge in [-0.05, 0) is 49.9 Å². The van der Waals surface area contributed by atoms with Crippen LogP contribution in [0, 0.1) is 17.2 Å². The van der Waals surface area contributed by atoms with Crippen LogP contribution >= 0.6 is 0 Å². The van der Waals surface area contributed by atoms with Crippen LogP contribution in [-0.2, 0) is 24.8 Å². The van der Waals surface area contributed by atoms with E-state index >= 15 is 0 Å². The Kier molecular flexibility index (Phi) is 6.76. The molecule has 31 heavy (non-hydrogen) atoms. The molecule has 1 aliphatic carbocycles. The molecule has 1 heterocycles. The monoisotopic (exact) mass is 468 g/mol. The summed E-state index contributed by atoms with van der Waals surface area (Å²) in [5, 5.41) is 11.9. The van der Waals surface area contributed by atoms with Crippen molar-refractivity contribution in [2.75, 3.05) is 26.2 Å². The lowest BCUT2D eigenvalue weighted by Crippen LogP contribution is -2.48. The molecule has 1 atom stereocenters. The number of rotatable bonds is 8. The summed E-state index contributed by atoms with van der Waals surface area (Å²) in [6, 6.07) is 7.31. The zero-order chi connectivity index (χ0) is 22.9. The van der Waals surface area contributed by atoms with Crippen LogP contribution in [0.4, 0.5) is 0 Å². The molecule has 0 spiro atoms. The Bertz CT molecular complexity index is 1070. The Balaban J connectivity index is 1.75. The first-order valence-electron chi connectivity index (χ1n) is 10.4. The second-order valence-corrected chi connectivity index (χ2v) is 11.8. The Morgan fingerprint density at radius 2 is 1.74 bits per heavy atom. The minimum atomic E-state index is -3.88. The van der Waals surface area contributed by atoms with Crippen molar-refractivity contribution in [2.45, 2.75) is 54.9 Å². The average Bonchev–Trinajstić information content (AvgIpc) is 3.54. The van der Waals surface area contributed by atoms with E-state index in [0.29, 0.717) is 38.8 Å². The fraction of sp³-hybridized carbons (Fsp3) is 0.600. The number of piperidine rings is 1. The largest absolute Gasteiger partial charge is 0.338 e. The van der Waals surface area contributed by atoms with Crippen LogP contribution < -0.4 is 5.32 Å². The van der Waals surface area contributed by atoms with Crippen molar-refractivity contribution in [3.63, 3.8) is 0 Å². The van der Waals surface area contributed by atoms with Crippen LogP contribution in [-0.4, -0.2) is 63.1 Å². The van der Waals surface area contributed by atoms with E-state index in [1.165, 1.54) is 32.9 Å². The highest BCUT2D eigenvalue weighted by Crippen LogP contribution is 2.35. The first-order chi connectivity index (χ1) is 14.6. The molecule has 1 aliphatic heterocycles. The van der Waals surface area contributed by atoms with Crippen LogP contribution in [0.2, 0.25) is 0 Å². The smallest absolute Gasteiger partial charge is 0.243 e. The van der Waals surface area contributed by atoms with Crippen LogP contribution in [0.15, 0.2) is 34.1 Å². The zero-order valence-electron chi connectivity index (χ0n) is 17.7. The highest BCUT2D eigenvalue weighted by molar-refractivity contribution is 7.89. The molecule has 1 saturated heterocycles. The van der Waals surface area contributed by atoms with Crippen LogP contribution in [0.25, 0.3) is 0 Å². The number of hydrogen-bond acceptors (Lipinski definition) is 6. The summed E-state index contributed by atoms with van der Waals surface area (Å²) in [4.78, 5) is 12.6. The topological polar surface area (TPSA) is 128 Å². The summed E-state index contributed by atoms with van der Waals surface area (Å²) in [6.45, 7) is 4.45. The standard InChI is InChI=1S/C20H28N4O5S2/c1-3-23(4-2)30(26,27)17-7-9-18(10-8-17)31(28,29)24-13-5-6-16(14-24)19(25)22-20(15-21)11-12-20/h7-10,16H,3-6,11-14H2,1-2H3,(H,22,25)/t16-/m1/s1. The van der Waals surface area contributed by atoms with E-state index in [1.807, 2.05) is 0 Å². The van der Waals surface area contributed by atoms with Crippen molar-refractivity contribution in [1.82, 2.24) is 13.9 Å². The summed E-state index contributed by atoms with van der Waals surface area (Å²) in [5.74, 6) is -0.809. The number of nitrogens with one attached hydrogen (secondary N) is 1. The predicted molar refractivity (Wildman–Crippen MR) is 114 cm³/mol. The number of benzene rings is 1. The number of amides is 1. The van der Waals surface area contributed by atoms with Crippen LogP contribution in [0.3, 0.4) is 0 Å². The van der Waals surface area contributed by atoms with E-state index in [1.54, 1.807) is 13.8 Å². The molecule has 2 aliphatic rings. The Labute approximate surface area is 184 Å². The summed E-state index contributed by atoms with van der Waals surface area (Å²) >= 11 is 0. The fourth-order valence-electron chi connectivity index (χ4n) is 3.75. The molecule has 11 heteroatoms. The second-order valence-electron chi connectivity index (χ2n) is 7.95. The maximum atomic E-state index is 13.1. The first-order valence-corrected chi connectivity index (χ1v) is 13.3. The predicted octanol–water partition coefficient (Wildman–Crippen LogP) is 1.29. The summed E-state index contributed by atoms with van der Waals surface area (Å²) in [7, 11) is -7.55. The summed E-state index contributed by atoms with van der Waals surface area (Å²) < 4.78 is 54.0. The normalized spacial score (nSPS) is 21.4. The van der Waals surface area contributed by atoms with E-state index in [-0.39, 0.29) is 28.8 Å². The molecular weight excluding hydrogens is 440 g/mol. The molecule has 1 aromatic rings. The highest BCUT2D eigenvalue weighted by Gasteiger charge is 2.46. The molecule has 3 rings (SSSR count). The van der Waals surface area contributed by atoms with Crippen molar-refractivity contribution < 1.29 is 21.6 Å². The maximum Gasteiger partial charge on any atom is 0.243 e. The Hall–Kier alpha value is -2.00. The van der Waals surface area contributed by atoms with Gasteiger partial charge in [-0.25, -0.2) is 16.8 Å². The molecule has 2 fully saturated rings. The van der Waals surface area contributed by atoms with Crippen LogP contribution in [0.5, 0.6) is 0 Å². The number of carbonyl (C=O) groups is 1. The second kappa shape index (κ2) is 8.86. The lowest BCUT2D eigenvalue weighted by Gasteiger charge is -2.31. The Morgan fingerprint density at radius 3 is 2.26 bits per heavy atom. The van der Waals surface area contributed by atoms with E-state index < -0.39 is 31.5 Å². The lowest BCUT2D eigenvalue weighted by atomic mass is 9.98. The molecule has 1 aromatic carbocycles. The van der Waals surface area contributed by atoms with Gasteiger partial charge in [0.15, 0.2) is 0 Å². The van der Waals surface area contributed by atoms with Gasteiger partial charge in [0.25, 0.3) is 0 Å². The molecule has 1 amide bonds. The summed E-state index contributed by atoms with van der Waals surface area (Å²) in [5.41, 5.74) is -0.787. The van der Waals surface area contributed by atoms with Gasteiger partial charge in [-0.15, -0.1) is 0 Å². The van der Waals surface area contributed by atoms with Gasteiger partial charge in [-0.3, -0.25) is 4.79 Å². The van der Waals surface area contributed by atoms with Gasteiger partial charge in [0.2, 0.25) is 26.0 Å². The number of sulfonamides is 2. The quantitative estimate of drug-likeness (QED) is 0.612. The fourth-order valence-corrected chi connectivity index (χ4v) is 6.73. The van der Waals surface area contributed by atoms with Crippen LogP contribution in [0.1, 0.15) is 39.5 Å². The van der Waals surface area contributed by atoms with Crippen molar-refractivity contribution in [3.05, 3.63) is 24.3 Å². The molecular formula is C20H28N4O5S2. The van der Waals surface area contributed by atoms with Gasteiger partial charge in [0, 0.05) is 26.2 Å². The van der Waals surface area contributed by atoms with E-state index in [4.69, 9.17) is 5.26 Å². The molecule has 0 unspecified atom stereocenters. The van der Waals surface area contributed by atoms with E-state index in [0.717, 1.165) is 0 Å². The summed E-state index contributed by atoms with van der Waals surface area (Å²) in [6.07, 6.45) is 2.32. The maximum absolute atomic E-state index is 13.1. The van der Waals surface area contributed by atoms with Gasteiger partial charge in [0.05, 0.1) is 21.8 Å². The SMILES string of the molecule is CCN(CC)S(=O)(=O)c1ccc(S(=O)(=O)N2CCC[C@@H](C(=O)NC3(C#N)CC3)C2)cc1. The van der Waals surface area contributed by atoms with Gasteiger partial charge in [-0.1, -0.05) is 13.8 Å². The van der Waals surface area contributed by atoms with Crippen molar-refractivity contribution >= 4 is 26.0 Å². The molecule has 0 radical (unpaired) electrons. The van der Waals surface area contributed by atoms with Crippen molar-refractivity contribution in [3.8, 4) is 6.07 Å². The minimum Gasteiger partial charge on any atom is -0.338 e. The Morgan fingerprint density at radius 1 is 1.16 bits per heavy atom. The van der Waals surface area contributed by atoms with Gasteiger partial charge >= 0.3 is 0 Å². The van der Waals surface area contributed by atoms with E-state index in [9.17, 15) is 21.6 Å². The zero-order valence-corrected chi connectivity index (χ0v) is 19.4. The molecule has 1 saturated carbocycles. The third-order valence-corrected chi connectivity index (χ3v) is 9.83. The van der Waals surface area contributed by atoms with Crippen molar-refractivity contribution in [2.24, 2.45) is 5.92 Å². The average molecular weight is 469 g/mol. The minimum absolute atomic E-state index is 0.0113. The molecule has 170 valence electrons. The number of hydrogen-bond donors (Lipinski definition) is 1. The van der Waals surface area contributed by atoms with Gasteiger partial charge < -0.3 is 5.32 Å². The molecule has 0 aromatic heterocycles. The van der Waals surface area contributed by atoms with Crippen molar-refractivity contribution in [1.29, 1.82) is 5.26 Å². The molecule has 9 nitrogen and oxygen atoms in total.